The van der Waals surface area contributed by atoms with Crippen LogP contribution in [-0.4, -0.2) is 17.2 Å². The lowest BCUT2D eigenvalue weighted by Crippen LogP contribution is -2.38. The molecule has 0 fully saturated rings. The van der Waals surface area contributed by atoms with Gasteiger partial charge in [-0.1, -0.05) is 42.5 Å². The lowest BCUT2D eigenvalue weighted by atomic mass is 10.0. The van der Waals surface area contributed by atoms with E-state index in [9.17, 15) is 4.79 Å². The minimum atomic E-state index is -0.509. The number of benzene rings is 2. The molecule has 0 bridgehead atoms. The third-order valence-corrected chi connectivity index (χ3v) is 3.62. The molecule has 1 radical (unpaired) electrons. The monoisotopic (exact) mass is 297 g/mol. The molecule has 0 heterocycles. The first-order chi connectivity index (χ1) is 10.6. The molecule has 4 heteroatoms. The molecule has 3 N–H and O–H groups in total. The first-order valence-corrected chi connectivity index (χ1v) is 7.27. The van der Waals surface area contributed by atoms with Gasteiger partial charge >= 0.3 is 0 Å². The second-order valence-electron chi connectivity index (χ2n) is 5.35. The minimum Gasteiger partial charge on any atom is -0.373 e. The molecular weight excluding hydrogens is 276 g/mol. The third-order valence-electron chi connectivity index (χ3n) is 3.62. The van der Waals surface area contributed by atoms with Gasteiger partial charge in [-0.25, -0.2) is 5.48 Å². The molecule has 0 saturated carbocycles. The standard InChI is InChI=1S/C18H21N2O2/c1-13-8-9-14(2)17(12-13)19-16(18(21)20-22)11-10-15-6-4-3-5-7-15/h3-9,12,16,19,22H,1,10-11H2,2H3,(H,20,21)/t16-/m0/s1. The summed E-state index contributed by atoms with van der Waals surface area (Å²) in [7, 11) is 0. The SMILES string of the molecule is [CH2]c1ccc(C)c(N[C@@H](CCc2ccccc2)C(=O)NO)c1. The van der Waals surface area contributed by atoms with E-state index in [4.69, 9.17) is 5.21 Å². The van der Waals surface area contributed by atoms with Crippen LogP contribution in [0.1, 0.15) is 23.1 Å². The van der Waals surface area contributed by atoms with Crippen molar-refractivity contribution in [1.29, 1.82) is 0 Å². The van der Waals surface area contributed by atoms with Crippen LogP contribution in [0.5, 0.6) is 0 Å². The van der Waals surface area contributed by atoms with Gasteiger partial charge in [0.1, 0.15) is 6.04 Å². The smallest absolute Gasteiger partial charge is 0.265 e. The first kappa shape index (κ1) is 16.0. The number of anilines is 1. The summed E-state index contributed by atoms with van der Waals surface area (Å²) in [4.78, 5) is 11.9. The van der Waals surface area contributed by atoms with E-state index in [0.29, 0.717) is 6.42 Å². The zero-order valence-electron chi connectivity index (χ0n) is 12.7. The highest BCUT2D eigenvalue weighted by Gasteiger charge is 2.18. The van der Waals surface area contributed by atoms with Crippen molar-refractivity contribution in [2.45, 2.75) is 25.8 Å². The van der Waals surface area contributed by atoms with Crippen LogP contribution in [0.25, 0.3) is 0 Å². The molecule has 0 saturated heterocycles. The van der Waals surface area contributed by atoms with Crippen LogP contribution < -0.4 is 10.8 Å². The summed E-state index contributed by atoms with van der Waals surface area (Å²) in [6, 6.07) is 15.2. The first-order valence-electron chi connectivity index (χ1n) is 7.27. The molecule has 1 amide bonds. The quantitative estimate of drug-likeness (QED) is 0.567. The molecule has 2 aromatic rings. The molecule has 0 aliphatic rings. The van der Waals surface area contributed by atoms with Gasteiger partial charge < -0.3 is 5.32 Å². The minimum absolute atomic E-state index is 0.440. The predicted molar refractivity (Wildman–Crippen MR) is 87.7 cm³/mol. The summed E-state index contributed by atoms with van der Waals surface area (Å²) in [5.41, 5.74) is 5.65. The number of nitrogens with one attached hydrogen (secondary N) is 2. The van der Waals surface area contributed by atoms with E-state index in [1.807, 2.05) is 55.5 Å². The largest absolute Gasteiger partial charge is 0.373 e. The Morgan fingerprint density at radius 1 is 1.23 bits per heavy atom. The maximum atomic E-state index is 11.9. The maximum Gasteiger partial charge on any atom is 0.265 e. The van der Waals surface area contributed by atoms with Crippen molar-refractivity contribution < 1.29 is 10.0 Å². The molecule has 22 heavy (non-hydrogen) atoms. The second-order valence-corrected chi connectivity index (χ2v) is 5.35. The Morgan fingerprint density at radius 2 is 1.95 bits per heavy atom. The van der Waals surface area contributed by atoms with E-state index in [1.54, 1.807) is 5.48 Å². The molecular formula is C18H21N2O2. The van der Waals surface area contributed by atoms with E-state index in [0.717, 1.165) is 28.8 Å². The van der Waals surface area contributed by atoms with Crippen molar-refractivity contribution in [3.8, 4) is 0 Å². The highest BCUT2D eigenvalue weighted by molar-refractivity contribution is 5.83. The Hall–Kier alpha value is -2.33. The lowest BCUT2D eigenvalue weighted by Gasteiger charge is -2.19. The fourth-order valence-corrected chi connectivity index (χ4v) is 2.31. The van der Waals surface area contributed by atoms with Crippen LogP contribution in [0.4, 0.5) is 5.69 Å². The molecule has 4 nitrogen and oxygen atoms in total. The Bertz CT molecular complexity index is 626. The Labute approximate surface area is 131 Å². The number of hydrogen-bond acceptors (Lipinski definition) is 3. The molecule has 2 rings (SSSR count). The Balaban J connectivity index is 2.09. The second kappa shape index (κ2) is 7.61. The number of hydroxylamine groups is 1. The van der Waals surface area contributed by atoms with E-state index in [1.165, 1.54) is 0 Å². The number of carbonyl (C=O) groups is 1. The number of amides is 1. The summed E-state index contributed by atoms with van der Waals surface area (Å²) in [6.45, 7) is 5.86. The summed E-state index contributed by atoms with van der Waals surface area (Å²) < 4.78 is 0. The Morgan fingerprint density at radius 3 is 2.64 bits per heavy atom. The molecule has 115 valence electrons. The molecule has 0 spiro atoms. The zero-order chi connectivity index (χ0) is 15.9. The fraction of sp³-hybridized carbons (Fsp3) is 0.222. The zero-order valence-corrected chi connectivity index (χ0v) is 12.7. The average Bonchev–Trinajstić information content (AvgIpc) is 2.54. The molecule has 1 atom stereocenters. The van der Waals surface area contributed by atoms with Crippen LogP contribution in [0.2, 0.25) is 0 Å². The van der Waals surface area contributed by atoms with Gasteiger partial charge in [-0.15, -0.1) is 0 Å². The van der Waals surface area contributed by atoms with Crippen LogP contribution >= 0.6 is 0 Å². The average molecular weight is 297 g/mol. The van der Waals surface area contributed by atoms with Gasteiger partial charge in [-0.2, -0.15) is 0 Å². The fourth-order valence-electron chi connectivity index (χ4n) is 2.31. The normalized spacial score (nSPS) is 11.8. The van der Waals surface area contributed by atoms with Crippen LogP contribution in [0, 0.1) is 13.8 Å². The van der Waals surface area contributed by atoms with Crippen molar-refractivity contribution in [3.05, 3.63) is 72.1 Å². The summed E-state index contributed by atoms with van der Waals surface area (Å²) in [5, 5.41) is 12.1. The van der Waals surface area contributed by atoms with Crippen molar-refractivity contribution in [2.24, 2.45) is 0 Å². The highest BCUT2D eigenvalue weighted by atomic mass is 16.5. The van der Waals surface area contributed by atoms with Gasteiger partial charge in [0.2, 0.25) is 0 Å². The van der Waals surface area contributed by atoms with Crippen molar-refractivity contribution >= 4 is 11.6 Å². The van der Waals surface area contributed by atoms with Gasteiger partial charge in [-0.05, 0) is 49.4 Å². The topological polar surface area (TPSA) is 61.4 Å². The van der Waals surface area contributed by atoms with Gasteiger partial charge in [-0.3, -0.25) is 10.0 Å². The number of hydrogen-bond donors (Lipinski definition) is 3. The Kier molecular flexibility index (Phi) is 5.55. The van der Waals surface area contributed by atoms with Crippen LogP contribution in [0.3, 0.4) is 0 Å². The van der Waals surface area contributed by atoms with E-state index in [2.05, 4.69) is 12.2 Å². The molecule has 0 aromatic heterocycles. The van der Waals surface area contributed by atoms with Crippen molar-refractivity contribution in [3.63, 3.8) is 0 Å². The van der Waals surface area contributed by atoms with E-state index >= 15 is 0 Å². The highest BCUT2D eigenvalue weighted by Crippen LogP contribution is 2.19. The van der Waals surface area contributed by atoms with E-state index < -0.39 is 11.9 Å². The van der Waals surface area contributed by atoms with Crippen molar-refractivity contribution in [2.75, 3.05) is 5.32 Å². The van der Waals surface area contributed by atoms with Crippen molar-refractivity contribution in [1.82, 2.24) is 5.48 Å². The number of carbonyl (C=O) groups excluding carboxylic acids is 1. The number of rotatable bonds is 6. The van der Waals surface area contributed by atoms with E-state index in [-0.39, 0.29) is 0 Å². The summed E-state index contributed by atoms with van der Waals surface area (Å²) in [5.74, 6) is -0.440. The third kappa shape index (κ3) is 4.33. The van der Waals surface area contributed by atoms with Crippen LogP contribution in [0.15, 0.2) is 48.5 Å². The van der Waals surface area contributed by atoms with Gasteiger partial charge in [0, 0.05) is 5.69 Å². The molecule has 0 unspecified atom stereocenters. The number of aryl methyl sites for hydroxylation is 2. The predicted octanol–water partition coefficient (Wildman–Crippen LogP) is 3.10. The maximum absolute atomic E-state index is 11.9. The summed E-state index contributed by atoms with van der Waals surface area (Å²) >= 11 is 0. The molecule has 0 aliphatic carbocycles. The lowest BCUT2D eigenvalue weighted by molar-refractivity contribution is -0.130. The summed E-state index contributed by atoms with van der Waals surface area (Å²) in [6.07, 6.45) is 1.33. The van der Waals surface area contributed by atoms with Gasteiger partial charge in [0.15, 0.2) is 0 Å². The molecule has 0 aliphatic heterocycles. The molecule has 2 aromatic carbocycles. The van der Waals surface area contributed by atoms with Crippen LogP contribution in [-0.2, 0) is 11.2 Å². The van der Waals surface area contributed by atoms with Gasteiger partial charge in [0.25, 0.3) is 5.91 Å². The van der Waals surface area contributed by atoms with Gasteiger partial charge in [0.05, 0.1) is 0 Å².